The van der Waals surface area contributed by atoms with Gasteiger partial charge in [-0.3, -0.25) is 0 Å². The molecule has 0 unspecified atom stereocenters. The van der Waals surface area contributed by atoms with Gasteiger partial charge >= 0.3 is 0 Å². The number of hydrogen-bond acceptors (Lipinski definition) is 4. The zero-order valence-electron chi connectivity index (χ0n) is 13.6. The minimum absolute atomic E-state index is 0.852. The van der Waals surface area contributed by atoms with E-state index in [2.05, 4.69) is 48.7 Å². The van der Waals surface area contributed by atoms with Gasteiger partial charge < -0.3 is 0 Å². The van der Waals surface area contributed by atoms with Gasteiger partial charge in [-0.25, -0.2) is 0 Å². The van der Waals surface area contributed by atoms with Crippen LogP contribution in [0.4, 0.5) is 0 Å². The van der Waals surface area contributed by atoms with E-state index < -0.39 is 0 Å². The maximum absolute atomic E-state index is 5.81. The molecule has 3 aromatic carbocycles. The van der Waals surface area contributed by atoms with Crippen LogP contribution in [0.15, 0.2) is 87.5 Å². The van der Waals surface area contributed by atoms with Crippen LogP contribution in [-0.4, -0.2) is 16.5 Å². The Hall–Kier alpha value is -1.46. The molecule has 0 radical (unpaired) electrons. The van der Waals surface area contributed by atoms with Gasteiger partial charge in [-0.15, -0.1) is 11.8 Å². The van der Waals surface area contributed by atoms with E-state index in [1.54, 1.807) is 28.9 Å². The van der Waals surface area contributed by atoms with Crippen molar-refractivity contribution in [2.75, 3.05) is 6.26 Å². The molecule has 4 heteroatoms. The van der Waals surface area contributed by atoms with Crippen LogP contribution in [0.5, 0.6) is 0 Å². The summed E-state index contributed by atoms with van der Waals surface area (Å²) in [6.07, 6.45) is 2.07. The highest BCUT2D eigenvalue weighted by Gasteiger charge is 2.14. The molecule has 0 saturated heterocycles. The molecule has 3 aromatic rings. The van der Waals surface area contributed by atoms with Crippen LogP contribution in [0, 0.1) is 0 Å². The average Bonchev–Trinajstić information content (AvgIpc) is 2.68. The Bertz CT molecular complexity index is 884. The fourth-order valence-electron chi connectivity index (χ4n) is 2.44. The molecule has 0 fully saturated rings. The fraction of sp³-hybridized carbons (Fsp3) is 0.0476. The van der Waals surface area contributed by atoms with Crippen molar-refractivity contribution in [3.8, 4) is 0 Å². The molecule has 25 heavy (non-hydrogen) atoms. The van der Waals surface area contributed by atoms with Crippen LogP contribution in [0.1, 0.15) is 16.7 Å². The second kappa shape index (κ2) is 8.77. The van der Waals surface area contributed by atoms with Gasteiger partial charge in [0.1, 0.15) is 0 Å². The molecule has 0 bridgehead atoms. The van der Waals surface area contributed by atoms with E-state index >= 15 is 0 Å². The van der Waals surface area contributed by atoms with Gasteiger partial charge in [0.25, 0.3) is 0 Å². The van der Waals surface area contributed by atoms with Crippen LogP contribution in [0.2, 0.25) is 0 Å². The van der Waals surface area contributed by atoms with Crippen LogP contribution >= 0.6 is 48.0 Å². The topological polar surface area (TPSA) is 0 Å². The average molecular weight is 397 g/mol. The lowest BCUT2D eigenvalue weighted by molar-refractivity contribution is 1.37. The molecule has 0 amide bonds. The largest absolute Gasteiger partial charge is 0.130 e. The Morgan fingerprint density at radius 2 is 1.56 bits per heavy atom. The summed E-state index contributed by atoms with van der Waals surface area (Å²) < 4.78 is 0. The molecule has 0 heterocycles. The summed E-state index contributed by atoms with van der Waals surface area (Å²) in [6.45, 7) is 0. The molecule has 0 N–H and O–H groups in total. The predicted octanol–water partition coefficient (Wildman–Crippen LogP) is 6.67. The van der Waals surface area contributed by atoms with Gasteiger partial charge in [0.15, 0.2) is 0 Å². The molecule has 0 nitrogen and oxygen atoms in total. The lowest BCUT2D eigenvalue weighted by Crippen LogP contribution is -2.03. The van der Waals surface area contributed by atoms with Crippen LogP contribution in [0.3, 0.4) is 0 Å². The lowest BCUT2D eigenvalue weighted by atomic mass is 10.0. The van der Waals surface area contributed by atoms with Crippen molar-refractivity contribution in [3.05, 3.63) is 89.5 Å². The molecule has 0 aliphatic carbocycles. The Balaban J connectivity index is 2.02. The molecule has 0 aliphatic heterocycles. The number of hydrogen-bond donors (Lipinski definition) is 0. The van der Waals surface area contributed by atoms with Crippen molar-refractivity contribution in [2.24, 2.45) is 0 Å². The van der Waals surface area contributed by atoms with Crippen LogP contribution < -0.4 is 0 Å². The Labute approximate surface area is 168 Å². The quantitative estimate of drug-likeness (QED) is 0.259. The number of thiocarbonyl (C=S) groups is 2. The molecule has 0 atom stereocenters. The van der Waals surface area contributed by atoms with E-state index in [1.807, 2.05) is 30.3 Å². The third kappa shape index (κ3) is 4.39. The van der Waals surface area contributed by atoms with Gasteiger partial charge in [0.05, 0.1) is 4.86 Å². The van der Waals surface area contributed by atoms with E-state index in [4.69, 9.17) is 24.4 Å². The Morgan fingerprint density at radius 1 is 0.840 bits per heavy atom. The highest BCUT2D eigenvalue weighted by Crippen LogP contribution is 2.34. The summed E-state index contributed by atoms with van der Waals surface area (Å²) in [7, 11) is 0. The van der Waals surface area contributed by atoms with Crippen molar-refractivity contribution in [2.45, 2.75) is 14.7 Å². The second-order valence-electron chi connectivity index (χ2n) is 5.31. The predicted molar refractivity (Wildman–Crippen MR) is 119 cm³/mol. The summed E-state index contributed by atoms with van der Waals surface area (Å²) in [5.74, 6) is 0. The van der Waals surface area contributed by atoms with E-state index in [1.165, 1.54) is 9.79 Å². The van der Waals surface area contributed by atoms with E-state index in [0.29, 0.717) is 0 Å². The standard InChI is InChI=1S/C21H16S4/c1-24-17-12-10-15(11-13-17)20(23)19-9-5-6-16(14-22)21(19)25-18-7-3-2-4-8-18/h2-14H,1H3. The maximum Gasteiger partial charge on any atom is 0.0533 e. The highest BCUT2D eigenvalue weighted by atomic mass is 32.2. The first-order chi connectivity index (χ1) is 12.2. The van der Waals surface area contributed by atoms with Crippen molar-refractivity contribution >= 4 is 58.2 Å². The highest BCUT2D eigenvalue weighted by molar-refractivity contribution is 7.99. The summed E-state index contributed by atoms with van der Waals surface area (Å²) in [5.41, 5.74) is 3.15. The second-order valence-corrected chi connectivity index (χ2v) is 7.92. The Kier molecular flexibility index (Phi) is 6.43. The van der Waals surface area contributed by atoms with E-state index in [-0.39, 0.29) is 0 Å². The first kappa shape index (κ1) is 18.3. The summed E-state index contributed by atoms with van der Waals surface area (Å²) in [4.78, 5) is 4.37. The first-order valence-corrected chi connectivity index (χ1v) is 10.6. The Morgan fingerprint density at radius 3 is 2.20 bits per heavy atom. The summed E-state index contributed by atoms with van der Waals surface area (Å²) in [5, 5.41) is 1.73. The smallest absolute Gasteiger partial charge is 0.0533 e. The molecule has 124 valence electrons. The van der Waals surface area contributed by atoms with E-state index in [9.17, 15) is 0 Å². The third-order valence-corrected chi connectivity index (χ3v) is 6.35. The number of benzene rings is 3. The number of thioether (sulfide) groups is 1. The molecule has 0 saturated carbocycles. The SMILES string of the molecule is CSc1ccc(C(=S)c2cccc(C=S)c2Sc2ccccc2)cc1. The molecular weight excluding hydrogens is 380 g/mol. The molecule has 0 spiro atoms. The van der Waals surface area contributed by atoms with Crippen molar-refractivity contribution in [1.82, 2.24) is 0 Å². The zero-order chi connectivity index (χ0) is 17.6. The molecular formula is C21H16S4. The van der Waals surface area contributed by atoms with Crippen molar-refractivity contribution in [1.29, 1.82) is 0 Å². The molecule has 3 rings (SSSR count). The zero-order valence-corrected chi connectivity index (χ0v) is 16.9. The van der Waals surface area contributed by atoms with Gasteiger partial charge in [-0.05, 0) is 41.6 Å². The minimum atomic E-state index is 0.852. The van der Waals surface area contributed by atoms with Gasteiger partial charge in [-0.1, -0.05) is 84.7 Å². The summed E-state index contributed by atoms with van der Waals surface area (Å²) in [6, 6.07) is 24.9. The summed E-state index contributed by atoms with van der Waals surface area (Å²) >= 11 is 14.5. The van der Waals surface area contributed by atoms with Gasteiger partial charge in [-0.2, -0.15) is 0 Å². The number of rotatable bonds is 6. The van der Waals surface area contributed by atoms with Crippen molar-refractivity contribution < 1.29 is 0 Å². The van der Waals surface area contributed by atoms with Gasteiger partial charge in [0.2, 0.25) is 0 Å². The maximum atomic E-state index is 5.81. The van der Waals surface area contributed by atoms with E-state index in [0.717, 1.165) is 26.5 Å². The first-order valence-electron chi connectivity index (χ1n) is 7.73. The van der Waals surface area contributed by atoms with Crippen molar-refractivity contribution in [3.63, 3.8) is 0 Å². The third-order valence-electron chi connectivity index (χ3n) is 3.73. The lowest BCUT2D eigenvalue weighted by Gasteiger charge is -2.14. The van der Waals surface area contributed by atoms with Gasteiger partial charge in [0, 0.05) is 25.6 Å². The molecule has 0 aromatic heterocycles. The normalized spacial score (nSPS) is 10.4. The minimum Gasteiger partial charge on any atom is -0.130 e. The fourth-order valence-corrected chi connectivity index (χ4v) is 4.55. The molecule has 0 aliphatic rings. The van der Waals surface area contributed by atoms with Crippen LogP contribution in [-0.2, 0) is 0 Å². The monoisotopic (exact) mass is 396 g/mol. The van der Waals surface area contributed by atoms with Crippen LogP contribution in [0.25, 0.3) is 0 Å².